The van der Waals surface area contributed by atoms with Crippen molar-refractivity contribution in [3.63, 3.8) is 0 Å². The van der Waals surface area contributed by atoms with Crippen molar-refractivity contribution in [2.24, 2.45) is 5.92 Å². The second-order valence-electron chi connectivity index (χ2n) is 5.77. The Morgan fingerprint density at radius 2 is 2.29 bits per heavy atom. The first-order valence-corrected chi connectivity index (χ1v) is 7.52. The molecule has 1 heterocycles. The van der Waals surface area contributed by atoms with Gasteiger partial charge in [-0.05, 0) is 49.4 Å². The van der Waals surface area contributed by atoms with Crippen LogP contribution in [0.4, 0.5) is 4.39 Å². The van der Waals surface area contributed by atoms with Gasteiger partial charge < -0.3 is 19.5 Å². The minimum atomic E-state index is -0.228. The molecule has 5 heteroatoms. The van der Waals surface area contributed by atoms with Gasteiger partial charge in [0.05, 0.1) is 13.2 Å². The van der Waals surface area contributed by atoms with Crippen LogP contribution in [0.2, 0.25) is 0 Å². The molecular formula is C16H22FNO3. The van der Waals surface area contributed by atoms with Crippen LogP contribution in [0, 0.1) is 11.7 Å². The third-order valence-corrected chi connectivity index (χ3v) is 4.09. The minimum absolute atomic E-state index is 0.228. The summed E-state index contributed by atoms with van der Waals surface area (Å²) < 4.78 is 29.6. The highest BCUT2D eigenvalue weighted by molar-refractivity contribution is 5.42. The molecule has 116 valence electrons. The van der Waals surface area contributed by atoms with Gasteiger partial charge in [0.15, 0.2) is 6.79 Å². The number of rotatable bonds is 7. The lowest BCUT2D eigenvalue weighted by atomic mass is 10.0. The maximum atomic E-state index is 13.6. The summed E-state index contributed by atoms with van der Waals surface area (Å²) in [5, 5.41) is 3.52. The highest BCUT2D eigenvalue weighted by Gasteiger charge is 2.30. The summed E-state index contributed by atoms with van der Waals surface area (Å²) in [7, 11) is 1.73. The summed E-state index contributed by atoms with van der Waals surface area (Å²) in [4.78, 5) is 0. The molecule has 2 aliphatic rings. The molecule has 0 spiro atoms. The molecule has 0 bridgehead atoms. The van der Waals surface area contributed by atoms with Crippen molar-refractivity contribution >= 4 is 0 Å². The third kappa shape index (κ3) is 3.73. The summed E-state index contributed by atoms with van der Waals surface area (Å²) in [6, 6.07) is 3.46. The van der Waals surface area contributed by atoms with Gasteiger partial charge in [-0.2, -0.15) is 0 Å². The highest BCUT2D eigenvalue weighted by Crippen LogP contribution is 2.33. The Morgan fingerprint density at radius 1 is 1.43 bits per heavy atom. The topological polar surface area (TPSA) is 39.7 Å². The van der Waals surface area contributed by atoms with Gasteiger partial charge in [0, 0.05) is 18.7 Å². The molecule has 0 unspecified atom stereocenters. The van der Waals surface area contributed by atoms with Crippen molar-refractivity contribution in [1.82, 2.24) is 5.32 Å². The Labute approximate surface area is 124 Å². The minimum Gasteiger partial charge on any atom is -0.467 e. The molecule has 4 nitrogen and oxygen atoms in total. The first kappa shape index (κ1) is 14.8. The van der Waals surface area contributed by atoms with Crippen molar-refractivity contribution in [2.45, 2.75) is 31.9 Å². The monoisotopic (exact) mass is 295 g/mol. The smallest absolute Gasteiger partial charge is 0.189 e. The van der Waals surface area contributed by atoms with Gasteiger partial charge in [-0.1, -0.05) is 0 Å². The van der Waals surface area contributed by atoms with E-state index < -0.39 is 0 Å². The van der Waals surface area contributed by atoms with Crippen molar-refractivity contribution in [3.8, 4) is 5.75 Å². The first-order valence-electron chi connectivity index (χ1n) is 7.52. The fourth-order valence-corrected chi connectivity index (χ4v) is 2.87. The van der Waals surface area contributed by atoms with Crippen LogP contribution >= 0.6 is 0 Å². The van der Waals surface area contributed by atoms with E-state index in [0.717, 1.165) is 42.4 Å². The number of benzene rings is 1. The molecule has 1 aromatic carbocycles. The second-order valence-corrected chi connectivity index (χ2v) is 5.77. The Hall–Kier alpha value is -1.17. The number of halogens is 1. The van der Waals surface area contributed by atoms with Crippen LogP contribution in [0.1, 0.15) is 24.0 Å². The Bertz CT molecular complexity index is 491. The lowest BCUT2D eigenvalue weighted by Gasteiger charge is -2.22. The standard InChI is InChI=1S/C16H22FNO3/c1-19-9-15(11-2-3-11)18-5-4-12-6-14(17)7-13-8-20-10-21-16(12)13/h6-7,11,15,18H,2-5,8-10H2,1H3/t15-/m0/s1. The fraction of sp³-hybridized carbons (Fsp3) is 0.625. The van der Waals surface area contributed by atoms with E-state index in [0.29, 0.717) is 12.6 Å². The van der Waals surface area contributed by atoms with Gasteiger partial charge in [-0.25, -0.2) is 4.39 Å². The van der Waals surface area contributed by atoms with Gasteiger partial charge in [-0.15, -0.1) is 0 Å². The number of hydrogen-bond donors (Lipinski definition) is 1. The summed E-state index contributed by atoms with van der Waals surface area (Å²) in [5.41, 5.74) is 1.71. The van der Waals surface area contributed by atoms with Crippen LogP contribution in [0.5, 0.6) is 5.75 Å². The summed E-state index contributed by atoms with van der Waals surface area (Å²) in [6.07, 6.45) is 3.29. The molecule has 1 aromatic rings. The quantitative estimate of drug-likeness (QED) is 0.837. The number of ether oxygens (including phenoxy) is 3. The molecule has 0 radical (unpaired) electrons. The molecule has 1 atom stereocenters. The average Bonchev–Trinajstić information content (AvgIpc) is 3.30. The van der Waals surface area contributed by atoms with Crippen LogP contribution in [0.15, 0.2) is 12.1 Å². The zero-order valence-electron chi connectivity index (χ0n) is 12.4. The Balaban J connectivity index is 1.60. The van der Waals surface area contributed by atoms with Gasteiger partial charge in [-0.3, -0.25) is 0 Å². The molecule has 21 heavy (non-hydrogen) atoms. The number of hydrogen-bond acceptors (Lipinski definition) is 4. The molecule has 0 amide bonds. The lowest BCUT2D eigenvalue weighted by molar-refractivity contribution is -0.0172. The molecule has 3 rings (SSSR count). The van der Waals surface area contributed by atoms with E-state index >= 15 is 0 Å². The molecular weight excluding hydrogens is 273 g/mol. The number of methoxy groups -OCH3 is 1. The van der Waals surface area contributed by atoms with Crippen LogP contribution in [-0.2, 0) is 22.5 Å². The first-order chi connectivity index (χ1) is 10.3. The van der Waals surface area contributed by atoms with Crippen LogP contribution in [0.3, 0.4) is 0 Å². The van der Waals surface area contributed by atoms with E-state index in [2.05, 4.69) is 5.32 Å². The van der Waals surface area contributed by atoms with Gasteiger partial charge in [0.25, 0.3) is 0 Å². The zero-order chi connectivity index (χ0) is 14.7. The van der Waals surface area contributed by atoms with E-state index in [1.54, 1.807) is 13.2 Å². The van der Waals surface area contributed by atoms with E-state index in [1.165, 1.54) is 18.9 Å². The molecule has 1 fully saturated rings. The zero-order valence-corrected chi connectivity index (χ0v) is 12.4. The molecule has 0 saturated heterocycles. The van der Waals surface area contributed by atoms with E-state index in [1.807, 2.05) is 0 Å². The van der Waals surface area contributed by atoms with Crippen LogP contribution in [0.25, 0.3) is 0 Å². The SMILES string of the molecule is COC[C@H](NCCc1cc(F)cc2c1OCOC2)C1CC1. The van der Waals surface area contributed by atoms with Crippen LogP contribution in [-0.4, -0.2) is 33.1 Å². The lowest BCUT2D eigenvalue weighted by Crippen LogP contribution is -2.36. The van der Waals surface area contributed by atoms with E-state index in [4.69, 9.17) is 14.2 Å². The predicted octanol–water partition coefficient (Wildman–Crippen LogP) is 2.25. The van der Waals surface area contributed by atoms with Crippen LogP contribution < -0.4 is 10.1 Å². The maximum absolute atomic E-state index is 13.6. The van der Waals surface area contributed by atoms with E-state index in [-0.39, 0.29) is 12.6 Å². The van der Waals surface area contributed by atoms with Gasteiger partial charge in [0.2, 0.25) is 0 Å². The molecule has 0 aromatic heterocycles. The van der Waals surface area contributed by atoms with Gasteiger partial charge in [0.1, 0.15) is 11.6 Å². The van der Waals surface area contributed by atoms with Crippen molar-refractivity contribution in [1.29, 1.82) is 0 Å². The summed E-state index contributed by atoms with van der Waals surface area (Å²) >= 11 is 0. The molecule has 1 saturated carbocycles. The van der Waals surface area contributed by atoms with Gasteiger partial charge >= 0.3 is 0 Å². The summed E-state index contributed by atoms with van der Waals surface area (Å²) in [6.45, 7) is 2.19. The third-order valence-electron chi connectivity index (χ3n) is 4.09. The Kier molecular flexibility index (Phi) is 4.73. The molecule has 1 aliphatic heterocycles. The van der Waals surface area contributed by atoms with Crippen molar-refractivity contribution in [3.05, 3.63) is 29.1 Å². The summed E-state index contributed by atoms with van der Waals surface area (Å²) in [5.74, 6) is 1.30. The maximum Gasteiger partial charge on any atom is 0.189 e. The fourth-order valence-electron chi connectivity index (χ4n) is 2.87. The highest BCUT2D eigenvalue weighted by atomic mass is 19.1. The number of nitrogens with one attached hydrogen (secondary N) is 1. The largest absolute Gasteiger partial charge is 0.467 e. The molecule has 1 N–H and O–H groups in total. The Morgan fingerprint density at radius 3 is 3.05 bits per heavy atom. The number of fused-ring (bicyclic) bond motifs is 1. The second kappa shape index (κ2) is 6.73. The normalized spacial score (nSPS) is 19.0. The predicted molar refractivity (Wildman–Crippen MR) is 76.8 cm³/mol. The molecule has 1 aliphatic carbocycles. The van der Waals surface area contributed by atoms with Crippen molar-refractivity contribution in [2.75, 3.05) is 27.1 Å². The van der Waals surface area contributed by atoms with Crippen molar-refractivity contribution < 1.29 is 18.6 Å². The van der Waals surface area contributed by atoms with E-state index in [9.17, 15) is 4.39 Å². The average molecular weight is 295 g/mol.